The lowest BCUT2D eigenvalue weighted by molar-refractivity contribution is -0.144. The fraction of sp³-hybridized carbons (Fsp3) is 0.739. The summed E-state index contributed by atoms with van der Waals surface area (Å²) in [7, 11) is 0. The average Bonchev–Trinajstić information content (AvgIpc) is 2.66. The first-order valence-electron chi connectivity index (χ1n) is 10.9. The third-order valence-electron chi connectivity index (χ3n) is 5.13. The first-order valence-corrected chi connectivity index (χ1v) is 10.9. The second-order valence-electron chi connectivity index (χ2n) is 7.58. The minimum absolute atomic E-state index is 0.115. The summed E-state index contributed by atoms with van der Waals surface area (Å²) in [5.74, 6) is -0.0478. The number of rotatable bonds is 15. The molecule has 0 bridgehead atoms. The molecule has 4 nitrogen and oxygen atoms in total. The van der Waals surface area contributed by atoms with Gasteiger partial charge in [-0.15, -0.1) is 0 Å². The predicted octanol–water partition coefficient (Wildman–Crippen LogP) is 6.21. The van der Waals surface area contributed by atoms with Crippen LogP contribution in [0.15, 0.2) is 24.3 Å². The summed E-state index contributed by atoms with van der Waals surface area (Å²) in [6.45, 7) is 0.402. The molecule has 0 aromatic rings. The highest BCUT2D eigenvalue weighted by atomic mass is 16.5. The topological polar surface area (TPSA) is 63.6 Å². The molecule has 1 fully saturated rings. The van der Waals surface area contributed by atoms with E-state index >= 15 is 0 Å². The van der Waals surface area contributed by atoms with Crippen LogP contribution >= 0.6 is 0 Å². The number of allylic oxidation sites excluding steroid dienone is 3. The summed E-state index contributed by atoms with van der Waals surface area (Å²) in [5, 5.41) is 8.52. The minimum atomic E-state index is -0.818. The molecule has 0 aromatic heterocycles. The van der Waals surface area contributed by atoms with E-state index in [0.717, 1.165) is 18.8 Å². The van der Waals surface area contributed by atoms with E-state index in [9.17, 15) is 9.59 Å². The highest BCUT2D eigenvalue weighted by Crippen LogP contribution is 2.27. The fourth-order valence-corrected chi connectivity index (χ4v) is 3.54. The Morgan fingerprint density at radius 2 is 1.56 bits per heavy atom. The van der Waals surface area contributed by atoms with Gasteiger partial charge in [0.15, 0.2) is 0 Å². The van der Waals surface area contributed by atoms with Crippen molar-refractivity contribution in [3.8, 4) is 0 Å². The number of hydrogen-bond donors (Lipinski definition) is 1. The van der Waals surface area contributed by atoms with E-state index in [1.54, 1.807) is 0 Å². The molecule has 0 atom stereocenters. The van der Waals surface area contributed by atoms with E-state index in [2.05, 4.69) is 18.2 Å². The van der Waals surface area contributed by atoms with Gasteiger partial charge in [-0.2, -0.15) is 0 Å². The zero-order valence-corrected chi connectivity index (χ0v) is 16.9. The second kappa shape index (κ2) is 16.6. The molecule has 0 saturated heterocycles. The summed E-state index contributed by atoms with van der Waals surface area (Å²) in [5.41, 5.74) is 0. The standard InChI is InChI=1S/C23H38O4/c24-22(25)18-12-13-19-23(26)27-20-14-7-5-3-1-2-4-6-9-15-21-16-10-8-11-17-21/h1-2,5,7,21H,3-4,6,8-20H2,(H,24,25)/b2-1-,7-5-. The van der Waals surface area contributed by atoms with E-state index in [1.807, 2.05) is 6.08 Å². The fourth-order valence-electron chi connectivity index (χ4n) is 3.54. The van der Waals surface area contributed by atoms with Gasteiger partial charge in [0, 0.05) is 12.8 Å². The van der Waals surface area contributed by atoms with Crippen molar-refractivity contribution in [1.82, 2.24) is 0 Å². The number of hydrogen-bond acceptors (Lipinski definition) is 3. The van der Waals surface area contributed by atoms with Gasteiger partial charge in [-0.05, 0) is 44.4 Å². The van der Waals surface area contributed by atoms with Crippen LogP contribution in [0, 0.1) is 5.92 Å². The van der Waals surface area contributed by atoms with E-state index in [0.29, 0.717) is 25.9 Å². The quantitative estimate of drug-likeness (QED) is 0.209. The van der Waals surface area contributed by atoms with Crippen LogP contribution in [0.5, 0.6) is 0 Å². The van der Waals surface area contributed by atoms with Crippen molar-refractivity contribution in [2.45, 2.75) is 96.3 Å². The van der Waals surface area contributed by atoms with Crippen molar-refractivity contribution in [2.75, 3.05) is 6.61 Å². The van der Waals surface area contributed by atoms with Gasteiger partial charge < -0.3 is 9.84 Å². The number of carbonyl (C=O) groups is 2. The number of aliphatic carboxylic acids is 1. The van der Waals surface area contributed by atoms with Crippen LogP contribution in [-0.2, 0) is 14.3 Å². The summed E-state index contributed by atoms with van der Waals surface area (Å²) < 4.78 is 5.12. The normalized spacial score (nSPS) is 15.6. The number of carbonyl (C=O) groups excluding carboxylic acids is 1. The van der Waals surface area contributed by atoms with Crippen LogP contribution in [-0.4, -0.2) is 23.7 Å². The first-order chi connectivity index (χ1) is 13.2. The Kier molecular flexibility index (Phi) is 14.4. The zero-order valence-electron chi connectivity index (χ0n) is 16.9. The Bertz CT molecular complexity index is 447. The Labute approximate surface area is 165 Å². The molecular weight excluding hydrogens is 340 g/mol. The van der Waals surface area contributed by atoms with Gasteiger partial charge in [0.05, 0.1) is 6.61 Å². The lowest BCUT2D eigenvalue weighted by atomic mass is 9.85. The van der Waals surface area contributed by atoms with Gasteiger partial charge in [-0.1, -0.05) is 69.2 Å². The molecule has 154 valence electrons. The maximum Gasteiger partial charge on any atom is 0.305 e. The van der Waals surface area contributed by atoms with Crippen molar-refractivity contribution >= 4 is 11.9 Å². The van der Waals surface area contributed by atoms with Crippen LogP contribution in [0.1, 0.15) is 96.3 Å². The Morgan fingerprint density at radius 3 is 2.30 bits per heavy atom. The van der Waals surface area contributed by atoms with Crippen LogP contribution in [0.2, 0.25) is 0 Å². The first kappa shape index (κ1) is 23.5. The molecule has 1 saturated carbocycles. The van der Waals surface area contributed by atoms with Crippen LogP contribution < -0.4 is 0 Å². The third kappa shape index (κ3) is 15.2. The van der Waals surface area contributed by atoms with Crippen LogP contribution in [0.3, 0.4) is 0 Å². The molecule has 4 heteroatoms. The molecule has 1 rings (SSSR count). The largest absolute Gasteiger partial charge is 0.481 e. The van der Waals surface area contributed by atoms with Crippen molar-refractivity contribution in [1.29, 1.82) is 0 Å². The maximum absolute atomic E-state index is 11.4. The van der Waals surface area contributed by atoms with Crippen molar-refractivity contribution in [2.24, 2.45) is 5.92 Å². The summed E-state index contributed by atoms with van der Waals surface area (Å²) in [4.78, 5) is 21.8. The van der Waals surface area contributed by atoms with Gasteiger partial charge in [0.1, 0.15) is 0 Å². The smallest absolute Gasteiger partial charge is 0.305 e. The van der Waals surface area contributed by atoms with Gasteiger partial charge in [-0.3, -0.25) is 9.59 Å². The Balaban J connectivity index is 1.85. The summed E-state index contributed by atoms with van der Waals surface area (Å²) in [6.07, 6.45) is 24.4. The zero-order chi connectivity index (χ0) is 19.6. The van der Waals surface area contributed by atoms with Gasteiger partial charge in [0.2, 0.25) is 0 Å². The number of esters is 1. The summed E-state index contributed by atoms with van der Waals surface area (Å²) in [6, 6.07) is 0. The minimum Gasteiger partial charge on any atom is -0.481 e. The number of carboxylic acid groups (broad SMARTS) is 1. The van der Waals surface area contributed by atoms with Gasteiger partial charge >= 0.3 is 11.9 Å². The molecule has 0 radical (unpaired) electrons. The van der Waals surface area contributed by atoms with E-state index in [-0.39, 0.29) is 12.4 Å². The second-order valence-corrected chi connectivity index (χ2v) is 7.58. The van der Waals surface area contributed by atoms with Crippen molar-refractivity contribution in [3.05, 3.63) is 24.3 Å². The molecule has 0 aliphatic heterocycles. The lowest BCUT2D eigenvalue weighted by Crippen LogP contribution is -2.05. The van der Waals surface area contributed by atoms with Gasteiger partial charge in [-0.25, -0.2) is 0 Å². The molecular formula is C23H38O4. The molecule has 0 heterocycles. The Morgan fingerprint density at radius 1 is 0.852 bits per heavy atom. The monoisotopic (exact) mass is 378 g/mol. The van der Waals surface area contributed by atoms with Crippen molar-refractivity contribution in [3.63, 3.8) is 0 Å². The van der Waals surface area contributed by atoms with Crippen molar-refractivity contribution < 1.29 is 19.4 Å². The third-order valence-corrected chi connectivity index (χ3v) is 5.13. The SMILES string of the molecule is O=C(O)CCCCC(=O)OCC/C=C\C/C=C\CCCCC1CCCCC1. The molecule has 0 unspecified atom stereocenters. The van der Waals surface area contributed by atoms with E-state index in [1.165, 1.54) is 57.8 Å². The maximum atomic E-state index is 11.4. The lowest BCUT2D eigenvalue weighted by Gasteiger charge is -2.21. The predicted molar refractivity (Wildman–Crippen MR) is 110 cm³/mol. The number of unbranched alkanes of at least 4 members (excludes halogenated alkanes) is 3. The van der Waals surface area contributed by atoms with E-state index in [4.69, 9.17) is 9.84 Å². The summed E-state index contributed by atoms with van der Waals surface area (Å²) >= 11 is 0. The molecule has 1 aliphatic carbocycles. The van der Waals surface area contributed by atoms with E-state index < -0.39 is 5.97 Å². The van der Waals surface area contributed by atoms with Crippen LogP contribution in [0.4, 0.5) is 0 Å². The molecule has 27 heavy (non-hydrogen) atoms. The number of carboxylic acids is 1. The number of ether oxygens (including phenoxy) is 1. The van der Waals surface area contributed by atoms with Gasteiger partial charge in [0.25, 0.3) is 0 Å². The highest BCUT2D eigenvalue weighted by molar-refractivity contribution is 5.69. The highest BCUT2D eigenvalue weighted by Gasteiger charge is 2.12. The molecule has 0 amide bonds. The Hall–Kier alpha value is -1.58. The molecule has 1 aliphatic rings. The molecule has 0 aromatic carbocycles. The molecule has 0 spiro atoms. The van der Waals surface area contributed by atoms with Crippen LogP contribution in [0.25, 0.3) is 0 Å². The average molecular weight is 379 g/mol. The molecule has 1 N–H and O–H groups in total.